The third-order valence-corrected chi connectivity index (χ3v) is 14.2. The van der Waals surface area contributed by atoms with Crippen molar-refractivity contribution in [2.24, 2.45) is 4.99 Å². The Balaban J connectivity index is 0.827. The molecule has 10 aromatic carbocycles. The van der Waals surface area contributed by atoms with Crippen molar-refractivity contribution in [3.63, 3.8) is 0 Å². The summed E-state index contributed by atoms with van der Waals surface area (Å²) in [6.07, 6.45) is 6.74. The molecule has 0 spiro atoms. The van der Waals surface area contributed by atoms with Crippen LogP contribution in [0.25, 0.3) is 77.6 Å². The van der Waals surface area contributed by atoms with E-state index in [2.05, 4.69) is 272 Å². The second-order valence-corrected chi connectivity index (χ2v) is 18.2. The first-order chi connectivity index (χ1) is 34.2. The zero-order valence-electron chi connectivity index (χ0n) is 38.0. The number of allylic oxidation sites excluding steroid dienone is 3. The lowest BCUT2D eigenvalue weighted by Crippen LogP contribution is -2.01. The van der Waals surface area contributed by atoms with Crippen molar-refractivity contribution in [2.45, 2.75) is 12.0 Å². The lowest BCUT2D eigenvalue weighted by molar-refractivity contribution is 0.916. The van der Waals surface area contributed by atoms with E-state index >= 15 is 0 Å². The van der Waals surface area contributed by atoms with Gasteiger partial charge in [0.25, 0.3) is 0 Å². The van der Waals surface area contributed by atoms with E-state index in [-0.39, 0.29) is 12.0 Å². The Hall–Kier alpha value is -8.85. The van der Waals surface area contributed by atoms with Crippen molar-refractivity contribution in [1.82, 2.24) is 4.57 Å². The Bertz CT molecular complexity index is 3800. The lowest BCUT2D eigenvalue weighted by atomic mass is 9.87. The largest absolute Gasteiger partial charge is 0.309 e. The number of benzene rings is 10. The first-order valence-corrected chi connectivity index (χ1v) is 23.9. The van der Waals surface area contributed by atoms with Crippen LogP contribution >= 0.6 is 0 Å². The van der Waals surface area contributed by atoms with Gasteiger partial charge in [-0.25, -0.2) is 0 Å². The van der Waals surface area contributed by atoms with Crippen LogP contribution in [-0.4, -0.2) is 10.3 Å². The van der Waals surface area contributed by atoms with E-state index in [0.717, 1.165) is 28.0 Å². The van der Waals surface area contributed by atoms with Gasteiger partial charge in [0.05, 0.1) is 22.8 Å². The smallest absolute Gasteiger partial charge is 0.0941 e. The summed E-state index contributed by atoms with van der Waals surface area (Å²) in [6, 6.07) is 90.4. The van der Waals surface area contributed by atoms with Crippen molar-refractivity contribution in [1.29, 1.82) is 0 Å². The molecule has 324 valence electrons. The van der Waals surface area contributed by atoms with Crippen molar-refractivity contribution < 1.29 is 0 Å². The van der Waals surface area contributed by atoms with Gasteiger partial charge in [0, 0.05) is 22.4 Å². The third-order valence-electron chi connectivity index (χ3n) is 14.2. The normalized spacial score (nSPS) is 15.1. The van der Waals surface area contributed by atoms with Gasteiger partial charge in [-0.2, -0.15) is 0 Å². The summed E-state index contributed by atoms with van der Waals surface area (Å²) in [5.74, 6) is 0.138. The summed E-state index contributed by atoms with van der Waals surface area (Å²) >= 11 is 0. The highest BCUT2D eigenvalue weighted by Crippen LogP contribution is 2.50. The monoisotopic (exact) mass is 878 g/mol. The first-order valence-electron chi connectivity index (χ1n) is 23.9. The fraction of sp³-hybridized carbons (Fsp3) is 0.0299. The van der Waals surface area contributed by atoms with Crippen LogP contribution in [0.5, 0.6) is 0 Å². The SMILES string of the molecule is C1=CC(c2cccc(-c3ccc4c(c3)-c3ccccc3[C@H]4c3ccc(-c4cccc5c4c4ccccc4n5-c4ccccc4)cc3)c2)N=C(c2ccccc2)C=C1c1ccc(-c2ccccc2)cc1. The summed E-state index contributed by atoms with van der Waals surface area (Å²) in [7, 11) is 0. The molecule has 11 aromatic rings. The summed E-state index contributed by atoms with van der Waals surface area (Å²) in [6.45, 7) is 0. The van der Waals surface area contributed by atoms with Crippen molar-refractivity contribution in [3.05, 3.63) is 300 Å². The number of hydrogen-bond donors (Lipinski definition) is 0. The van der Waals surface area contributed by atoms with Crippen LogP contribution < -0.4 is 0 Å². The van der Waals surface area contributed by atoms with E-state index in [4.69, 9.17) is 4.99 Å². The van der Waals surface area contributed by atoms with Crippen LogP contribution in [0, 0.1) is 0 Å². The summed E-state index contributed by atoms with van der Waals surface area (Å²) in [5.41, 5.74) is 23.0. The molecule has 2 heterocycles. The Morgan fingerprint density at radius 2 is 0.942 bits per heavy atom. The van der Waals surface area contributed by atoms with Gasteiger partial charge in [0.15, 0.2) is 0 Å². The number of nitrogens with zero attached hydrogens (tertiary/aromatic N) is 2. The van der Waals surface area contributed by atoms with E-state index in [0.29, 0.717) is 0 Å². The van der Waals surface area contributed by atoms with Gasteiger partial charge < -0.3 is 4.57 Å². The number of hydrogen-bond acceptors (Lipinski definition) is 1. The minimum atomic E-state index is -0.158. The fourth-order valence-corrected chi connectivity index (χ4v) is 10.9. The molecule has 1 aliphatic heterocycles. The number of fused-ring (bicyclic) bond motifs is 6. The minimum Gasteiger partial charge on any atom is -0.309 e. The molecule has 0 saturated carbocycles. The number of para-hydroxylation sites is 2. The third kappa shape index (κ3) is 7.26. The highest BCUT2D eigenvalue weighted by molar-refractivity contribution is 6.16. The fourth-order valence-electron chi connectivity index (χ4n) is 10.9. The molecule has 2 heteroatoms. The van der Waals surface area contributed by atoms with E-state index in [9.17, 15) is 0 Å². The Kier molecular flexibility index (Phi) is 10.0. The Morgan fingerprint density at radius 3 is 1.75 bits per heavy atom. The Morgan fingerprint density at radius 1 is 0.362 bits per heavy atom. The molecule has 0 amide bonds. The van der Waals surface area contributed by atoms with Crippen LogP contribution in [0.3, 0.4) is 0 Å². The molecule has 0 bridgehead atoms. The summed E-state index contributed by atoms with van der Waals surface area (Å²) in [4.78, 5) is 5.44. The predicted octanol–water partition coefficient (Wildman–Crippen LogP) is 17.1. The van der Waals surface area contributed by atoms with Gasteiger partial charge in [-0.1, -0.05) is 224 Å². The van der Waals surface area contributed by atoms with Gasteiger partial charge >= 0.3 is 0 Å². The minimum absolute atomic E-state index is 0.138. The molecular formula is C67H46N2. The molecule has 0 saturated heterocycles. The maximum absolute atomic E-state index is 5.44. The van der Waals surface area contributed by atoms with Crippen LogP contribution in [0.15, 0.2) is 272 Å². The first kappa shape index (κ1) is 40.4. The summed E-state index contributed by atoms with van der Waals surface area (Å²) < 4.78 is 2.39. The van der Waals surface area contributed by atoms with E-state index in [1.54, 1.807) is 0 Å². The van der Waals surface area contributed by atoms with E-state index < -0.39 is 0 Å². The average molecular weight is 879 g/mol. The molecule has 2 atom stereocenters. The van der Waals surface area contributed by atoms with Crippen molar-refractivity contribution in [3.8, 4) is 50.2 Å². The quantitative estimate of drug-likeness (QED) is 0.145. The standard InChI is InChI=1S/C67H46N2/c1-4-16-45(17-5-1)46-30-32-47(33-31-46)53-39-41-62(68-63(44-53)49-18-6-2-7-19-49)54-21-14-20-51(42-54)52-38-40-59-61(43-52)57-24-10-11-25-58(57)66(59)50-36-34-48(35-37-50)56-27-15-29-65-67(56)60-26-12-13-28-64(60)69(65)55-22-8-3-9-23-55/h1-44,62,66H/t62?,66-/m1/s1. The highest BCUT2D eigenvalue weighted by Gasteiger charge is 2.30. The maximum atomic E-state index is 5.44. The van der Waals surface area contributed by atoms with E-state index in [1.807, 2.05) is 0 Å². The number of rotatable bonds is 8. The second-order valence-electron chi connectivity index (χ2n) is 18.2. The summed E-state index contributed by atoms with van der Waals surface area (Å²) in [5, 5.41) is 2.54. The topological polar surface area (TPSA) is 17.3 Å². The van der Waals surface area contributed by atoms with Gasteiger partial charge in [-0.15, -0.1) is 0 Å². The maximum Gasteiger partial charge on any atom is 0.0941 e. The van der Waals surface area contributed by atoms with E-state index in [1.165, 1.54) is 88.7 Å². The van der Waals surface area contributed by atoms with Crippen LogP contribution in [-0.2, 0) is 0 Å². The van der Waals surface area contributed by atoms with Gasteiger partial charge in [-0.3, -0.25) is 4.99 Å². The Labute approximate surface area is 403 Å². The van der Waals surface area contributed by atoms with Crippen LogP contribution in [0.1, 0.15) is 45.3 Å². The molecule has 2 aliphatic rings. The molecule has 0 radical (unpaired) electrons. The molecule has 1 unspecified atom stereocenters. The molecule has 1 aliphatic carbocycles. The predicted molar refractivity (Wildman–Crippen MR) is 289 cm³/mol. The number of aromatic nitrogens is 1. The van der Waals surface area contributed by atoms with Gasteiger partial charge in [0.2, 0.25) is 0 Å². The molecule has 1 aromatic heterocycles. The zero-order valence-corrected chi connectivity index (χ0v) is 38.0. The van der Waals surface area contributed by atoms with Gasteiger partial charge in [0.1, 0.15) is 0 Å². The molecule has 13 rings (SSSR count). The molecule has 2 nitrogen and oxygen atoms in total. The average Bonchev–Trinajstić information content (AvgIpc) is 3.84. The molecular weight excluding hydrogens is 833 g/mol. The second kappa shape index (κ2) is 17.1. The van der Waals surface area contributed by atoms with Gasteiger partial charge in [-0.05, 0) is 126 Å². The highest BCUT2D eigenvalue weighted by atomic mass is 15.0. The molecule has 0 fully saturated rings. The van der Waals surface area contributed by atoms with Crippen LogP contribution in [0.2, 0.25) is 0 Å². The molecule has 69 heavy (non-hydrogen) atoms. The van der Waals surface area contributed by atoms with Crippen LogP contribution in [0.4, 0.5) is 0 Å². The van der Waals surface area contributed by atoms with Crippen molar-refractivity contribution >= 4 is 33.1 Å². The zero-order chi connectivity index (χ0) is 45.7. The molecule has 0 N–H and O–H groups in total. The lowest BCUT2D eigenvalue weighted by Gasteiger charge is -2.16. The van der Waals surface area contributed by atoms with Crippen molar-refractivity contribution in [2.75, 3.05) is 0 Å². The number of aliphatic imine (C=N–C) groups is 1.